The van der Waals surface area contributed by atoms with Gasteiger partial charge in [-0.2, -0.15) is 5.10 Å². The van der Waals surface area contributed by atoms with E-state index in [1.807, 2.05) is 48.5 Å². The molecular formula is C17H15N3O. The second kappa shape index (κ2) is 4.45. The summed E-state index contributed by atoms with van der Waals surface area (Å²) >= 11 is 0. The molecule has 2 aromatic carbocycles. The highest BCUT2D eigenvalue weighted by Crippen LogP contribution is 2.48. The van der Waals surface area contributed by atoms with Crippen LogP contribution in [0.25, 0.3) is 10.9 Å². The van der Waals surface area contributed by atoms with Crippen LogP contribution in [-0.2, 0) is 10.2 Å². The van der Waals surface area contributed by atoms with Crippen LogP contribution in [0.15, 0.2) is 54.7 Å². The maximum atomic E-state index is 12.6. The number of hydrogen-bond donors (Lipinski definition) is 2. The van der Waals surface area contributed by atoms with Gasteiger partial charge in [-0.05, 0) is 36.6 Å². The molecule has 0 bridgehead atoms. The topological polar surface area (TPSA) is 57.8 Å². The first-order valence-corrected chi connectivity index (χ1v) is 7.08. The van der Waals surface area contributed by atoms with Gasteiger partial charge in [0.25, 0.3) is 0 Å². The second-order valence-electron chi connectivity index (χ2n) is 5.57. The molecule has 4 nitrogen and oxygen atoms in total. The van der Waals surface area contributed by atoms with Gasteiger partial charge >= 0.3 is 0 Å². The first-order valence-electron chi connectivity index (χ1n) is 7.08. The van der Waals surface area contributed by atoms with Gasteiger partial charge in [-0.1, -0.05) is 30.3 Å². The van der Waals surface area contributed by atoms with Crippen molar-refractivity contribution in [2.75, 3.05) is 5.32 Å². The van der Waals surface area contributed by atoms with Gasteiger partial charge in [-0.3, -0.25) is 9.89 Å². The second-order valence-corrected chi connectivity index (χ2v) is 5.57. The summed E-state index contributed by atoms with van der Waals surface area (Å²) in [5, 5.41) is 11.0. The predicted octanol–water partition coefficient (Wildman–Crippen LogP) is 3.23. The lowest BCUT2D eigenvalue weighted by Gasteiger charge is -2.15. The minimum absolute atomic E-state index is 0.0764. The fraction of sp³-hybridized carbons (Fsp3) is 0.176. The minimum atomic E-state index is -0.343. The summed E-state index contributed by atoms with van der Waals surface area (Å²) in [7, 11) is 0. The van der Waals surface area contributed by atoms with Crippen molar-refractivity contribution >= 4 is 22.5 Å². The van der Waals surface area contributed by atoms with Crippen LogP contribution in [0.3, 0.4) is 0 Å². The van der Waals surface area contributed by atoms with Crippen LogP contribution in [0.4, 0.5) is 5.69 Å². The van der Waals surface area contributed by atoms with E-state index in [9.17, 15) is 4.79 Å². The lowest BCUT2D eigenvalue weighted by atomic mass is 9.95. The van der Waals surface area contributed by atoms with Gasteiger partial charge in [0.15, 0.2) is 0 Å². The van der Waals surface area contributed by atoms with Crippen LogP contribution in [0.5, 0.6) is 0 Å². The molecule has 1 heterocycles. The van der Waals surface area contributed by atoms with Crippen molar-refractivity contribution in [2.24, 2.45) is 0 Å². The molecule has 2 N–H and O–H groups in total. The lowest BCUT2D eigenvalue weighted by Crippen LogP contribution is -2.27. The molecule has 0 saturated heterocycles. The molecule has 0 spiro atoms. The zero-order chi connectivity index (χ0) is 14.3. The summed E-state index contributed by atoms with van der Waals surface area (Å²) < 4.78 is 0. The third-order valence-electron chi connectivity index (χ3n) is 4.21. The van der Waals surface area contributed by atoms with E-state index < -0.39 is 0 Å². The van der Waals surface area contributed by atoms with Gasteiger partial charge in [-0.15, -0.1) is 0 Å². The fourth-order valence-corrected chi connectivity index (χ4v) is 2.79. The lowest BCUT2D eigenvalue weighted by molar-refractivity contribution is -0.118. The Morgan fingerprint density at radius 2 is 1.95 bits per heavy atom. The largest absolute Gasteiger partial charge is 0.325 e. The van der Waals surface area contributed by atoms with Crippen LogP contribution in [0, 0.1) is 0 Å². The molecule has 21 heavy (non-hydrogen) atoms. The fourth-order valence-electron chi connectivity index (χ4n) is 2.79. The number of aromatic nitrogens is 2. The summed E-state index contributed by atoms with van der Waals surface area (Å²) in [6, 6.07) is 15.8. The quantitative estimate of drug-likeness (QED) is 0.772. The third-order valence-corrected chi connectivity index (χ3v) is 4.21. The Labute approximate surface area is 122 Å². The summed E-state index contributed by atoms with van der Waals surface area (Å²) in [4.78, 5) is 12.6. The summed E-state index contributed by atoms with van der Waals surface area (Å²) in [6.45, 7) is 0. The number of anilines is 1. The van der Waals surface area contributed by atoms with Crippen molar-refractivity contribution in [1.29, 1.82) is 0 Å². The molecule has 0 atom stereocenters. The summed E-state index contributed by atoms with van der Waals surface area (Å²) in [6.07, 6.45) is 3.59. The van der Waals surface area contributed by atoms with Crippen LogP contribution < -0.4 is 5.32 Å². The van der Waals surface area contributed by atoms with Crippen LogP contribution >= 0.6 is 0 Å². The average molecular weight is 277 g/mol. The van der Waals surface area contributed by atoms with Gasteiger partial charge in [0.1, 0.15) is 0 Å². The van der Waals surface area contributed by atoms with Crippen LogP contribution in [-0.4, -0.2) is 16.1 Å². The Kier molecular flexibility index (Phi) is 2.57. The van der Waals surface area contributed by atoms with Gasteiger partial charge in [0.2, 0.25) is 5.91 Å². The Balaban J connectivity index is 1.61. The molecule has 1 aromatic heterocycles. The van der Waals surface area contributed by atoms with Gasteiger partial charge < -0.3 is 5.32 Å². The highest BCUT2D eigenvalue weighted by molar-refractivity contribution is 6.02. The number of carbonyl (C=O) groups excluding carboxylic acids is 1. The number of carbonyl (C=O) groups is 1. The number of benzene rings is 2. The Bertz CT molecular complexity index is 803. The van der Waals surface area contributed by atoms with E-state index in [4.69, 9.17) is 0 Å². The van der Waals surface area contributed by atoms with Crippen molar-refractivity contribution in [2.45, 2.75) is 18.3 Å². The van der Waals surface area contributed by atoms with Gasteiger partial charge in [0, 0.05) is 11.1 Å². The van der Waals surface area contributed by atoms with E-state index in [1.165, 1.54) is 0 Å². The molecule has 104 valence electrons. The molecule has 1 saturated carbocycles. The molecule has 1 fully saturated rings. The van der Waals surface area contributed by atoms with Crippen molar-refractivity contribution in [3.8, 4) is 0 Å². The van der Waals surface area contributed by atoms with Crippen LogP contribution in [0.1, 0.15) is 18.4 Å². The molecule has 4 rings (SSSR count). The highest BCUT2D eigenvalue weighted by Gasteiger charge is 2.51. The zero-order valence-corrected chi connectivity index (χ0v) is 11.5. The first kappa shape index (κ1) is 12.1. The number of H-pyrrole nitrogens is 1. The molecule has 0 unspecified atom stereocenters. The van der Waals surface area contributed by atoms with Crippen molar-refractivity contribution in [3.63, 3.8) is 0 Å². The molecule has 0 radical (unpaired) electrons. The predicted molar refractivity (Wildman–Crippen MR) is 82.1 cm³/mol. The number of aromatic amines is 1. The monoisotopic (exact) mass is 277 g/mol. The van der Waals surface area contributed by atoms with E-state index in [0.717, 1.165) is 35.0 Å². The molecule has 1 aliphatic rings. The van der Waals surface area contributed by atoms with Gasteiger partial charge in [0.05, 0.1) is 17.1 Å². The standard InChI is InChI=1S/C17H15N3O/c21-16(17(8-9-17)13-4-2-1-3-5-13)19-14-7-6-12-11-18-20-15(12)10-14/h1-7,10-11H,8-9H2,(H,18,20)(H,19,21). The Morgan fingerprint density at radius 3 is 2.71 bits per heavy atom. The number of nitrogens with one attached hydrogen (secondary N) is 2. The van der Waals surface area contributed by atoms with E-state index in [1.54, 1.807) is 6.20 Å². The molecule has 4 heteroatoms. The number of fused-ring (bicyclic) bond motifs is 1. The molecule has 1 aliphatic carbocycles. The summed E-state index contributed by atoms with van der Waals surface area (Å²) in [5.41, 5.74) is 2.49. The highest BCUT2D eigenvalue weighted by atomic mass is 16.2. The molecule has 0 aliphatic heterocycles. The normalized spacial score (nSPS) is 15.8. The molecule has 1 amide bonds. The Hall–Kier alpha value is -2.62. The number of nitrogens with zero attached hydrogens (tertiary/aromatic N) is 1. The Morgan fingerprint density at radius 1 is 1.14 bits per heavy atom. The first-order chi connectivity index (χ1) is 10.3. The molecule has 3 aromatic rings. The third kappa shape index (κ3) is 2.00. The zero-order valence-electron chi connectivity index (χ0n) is 11.5. The number of amides is 1. The van der Waals surface area contributed by atoms with Crippen molar-refractivity contribution in [1.82, 2.24) is 10.2 Å². The number of rotatable bonds is 3. The maximum Gasteiger partial charge on any atom is 0.235 e. The van der Waals surface area contributed by atoms with E-state index in [0.29, 0.717) is 0 Å². The smallest absolute Gasteiger partial charge is 0.235 e. The van der Waals surface area contributed by atoms with Crippen molar-refractivity contribution in [3.05, 3.63) is 60.3 Å². The van der Waals surface area contributed by atoms with Crippen molar-refractivity contribution < 1.29 is 4.79 Å². The van der Waals surface area contributed by atoms with E-state index in [-0.39, 0.29) is 11.3 Å². The maximum absolute atomic E-state index is 12.6. The van der Waals surface area contributed by atoms with Gasteiger partial charge in [-0.25, -0.2) is 0 Å². The van der Waals surface area contributed by atoms with Crippen LogP contribution in [0.2, 0.25) is 0 Å². The van der Waals surface area contributed by atoms with E-state index >= 15 is 0 Å². The average Bonchev–Trinajstić information content (AvgIpc) is 3.21. The minimum Gasteiger partial charge on any atom is -0.325 e. The molecular weight excluding hydrogens is 262 g/mol. The number of hydrogen-bond acceptors (Lipinski definition) is 2. The van der Waals surface area contributed by atoms with E-state index in [2.05, 4.69) is 15.5 Å². The SMILES string of the molecule is O=C(Nc1ccc2cn[nH]c2c1)C1(c2ccccc2)CC1. The summed E-state index contributed by atoms with van der Waals surface area (Å²) in [5.74, 6) is 0.0764.